The lowest BCUT2D eigenvalue weighted by atomic mass is 9.96. The van der Waals surface area contributed by atoms with Crippen LogP contribution in [0.15, 0.2) is 15.5 Å². The van der Waals surface area contributed by atoms with E-state index in [-0.39, 0.29) is 6.54 Å². The Bertz CT molecular complexity index is 428. The molecule has 5 heteroatoms. The highest BCUT2D eigenvalue weighted by Gasteiger charge is 2.27. The largest absolute Gasteiger partial charge is 0.466 e. The van der Waals surface area contributed by atoms with Gasteiger partial charge in [-0.2, -0.15) is 0 Å². The highest BCUT2D eigenvalue weighted by Crippen LogP contribution is 2.27. The second kappa shape index (κ2) is 6.61. The first-order valence-corrected chi connectivity index (χ1v) is 6.72. The first kappa shape index (κ1) is 15.6. The van der Waals surface area contributed by atoms with Gasteiger partial charge in [0.15, 0.2) is 5.96 Å². The van der Waals surface area contributed by atoms with Gasteiger partial charge in [0.2, 0.25) is 0 Å². The van der Waals surface area contributed by atoms with Crippen LogP contribution in [0.25, 0.3) is 0 Å². The highest BCUT2D eigenvalue weighted by molar-refractivity contribution is 5.79. The van der Waals surface area contributed by atoms with Gasteiger partial charge in [0.1, 0.15) is 17.1 Å². The van der Waals surface area contributed by atoms with Crippen LogP contribution in [0, 0.1) is 13.8 Å². The van der Waals surface area contributed by atoms with Crippen molar-refractivity contribution in [3.63, 3.8) is 0 Å². The lowest BCUT2D eigenvalue weighted by Gasteiger charge is -2.21. The molecule has 1 rings (SSSR count). The molecule has 1 unspecified atom stereocenters. The smallest absolute Gasteiger partial charge is 0.191 e. The quantitative estimate of drug-likeness (QED) is 0.561. The molecule has 0 aliphatic carbocycles. The molecule has 0 spiro atoms. The molecule has 0 bridgehead atoms. The molecule has 0 aliphatic heterocycles. The van der Waals surface area contributed by atoms with Crippen molar-refractivity contribution >= 4 is 5.96 Å². The minimum Gasteiger partial charge on any atom is -0.466 e. The Balaban J connectivity index is 2.83. The van der Waals surface area contributed by atoms with Crippen LogP contribution in [0.4, 0.5) is 0 Å². The summed E-state index contributed by atoms with van der Waals surface area (Å²) in [6, 6.07) is 1.87. The molecular weight excluding hydrogens is 242 g/mol. The maximum atomic E-state index is 10.5. The first-order valence-electron chi connectivity index (χ1n) is 6.72. The van der Waals surface area contributed by atoms with Crippen LogP contribution >= 0.6 is 0 Å². The van der Waals surface area contributed by atoms with Crippen LogP contribution in [-0.2, 0) is 5.60 Å². The van der Waals surface area contributed by atoms with E-state index in [1.165, 1.54) is 0 Å². The summed E-state index contributed by atoms with van der Waals surface area (Å²) in [6.07, 6.45) is 0. The molecule has 1 aromatic heterocycles. The number of aliphatic imine (C=N–C) groups is 1. The zero-order chi connectivity index (χ0) is 14.5. The van der Waals surface area contributed by atoms with Crippen molar-refractivity contribution in [1.82, 2.24) is 10.6 Å². The summed E-state index contributed by atoms with van der Waals surface area (Å²) < 4.78 is 5.46. The summed E-state index contributed by atoms with van der Waals surface area (Å²) in [4.78, 5) is 4.40. The third kappa shape index (κ3) is 4.28. The first-order chi connectivity index (χ1) is 8.90. The molecule has 0 aromatic carbocycles. The Morgan fingerprint density at radius 3 is 2.32 bits per heavy atom. The summed E-state index contributed by atoms with van der Waals surface area (Å²) in [7, 11) is 0. The molecule has 0 aliphatic rings. The van der Waals surface area contributed by atoms with Gasteiger partial charge < -0.3 is 20.2 Å². The standard InChI is InChI=1S/C14H25N3O2/c1-6-15-13(16-7-2)17-9-14(5,18)12-8-10(3)19-11(12)4/h8,18H,6-7,9H2,1-5H3,(H2,15,16,17). The van der Waals surface area contributed by atoms with Crippen molar-refractivity contribution in [3.05, 3.63) is 23.2 Å². The minimum atomic E-state index is -1.03. The van der Waals surface area contributed by atoms with E-state index in [1.807, 2.05) is 33.8 Å². The maximum absolute atomic E-state index is 10.5. The van der Waals surface area contributed by atoms with E-state index in [0.29, 0.717) is 5.96 Å². The Morgan fingerprint density at radius 2 is 1.89 bits per heavy atom. The zero-order valence-electron chi connectivity index (χ0n) is 12.5. The Morgan fingerprint density at radius 1 is 1.32 bits per heavy atom. The van der Waals surface area contributed by atoms with Crippen LogP contribution in [0.1, 0.15) is 37.9 Å². The van der Waals surface area contributed by atoms with Gasteiger partial charge in [-0.15, -0.1) is 0 Å². The summed E-state index contributed by atoms with van der Waals surface area (Å²) in [5.74, 6) is 2.25. The molecule has 1 atom stereocenters. The van der Waals surface area contributed by atoms with E-state index in [1.54, 1.807) is 6.92 Å². The van der Waals surface area contributed by atoms with Crippen molar-refractivity contribution < 1.29 is 9.52 Å². The van der Waals surface area contributed by atoms with Crippen molar-refractivity contribution in [1.29, 1.82) is 0 Å². The molecule has 1 aromatic rings. The maximum Gasteiger partial charge on any atom is 0.191 e. The number of guanidine groups is 1. The predicted octanol–water partition coefficient (Wildman–Crippen LogP) is 1.68. The fourth-order valence-electron chi connectivity index (χ4n) is 1.99. The van der Waals surface area contributed by atoms with Crippen molar-refractivity contribution in [3.8, 4) is 0 Å². The molecule has 1 heterocycles. The van der Waals surface area contributed by atoms with Crippen molar-refractivity contribution in [2.45, 2.75) is 40.2 Å². The van der Waals surface area contributed by atoms with Gasteiger partial charge in [-0.3, -0.25) is 0 Å². The summed E-state index contributed by atoms with van der Waals surface area (Å²) in [5, 5.41) is 16.8. The predicted molar refractivity (Wildman–Crippen MR) is 77.4 cm³/mol. The molecule has 0 amide bonds. The normalized spacial score (nSPS) is 13.8. The number of nitrogens with one attached hydrogen (secondary N) is 2. The number of aliphatic hydroxyl groups is 1. The van der Waals surface area contributed by atoms with Crippen LogP contribution in [0.2, 0.25) is 0 Å². The number of rotatable bonds is 5. The third-order valence-electron chi connectivity index (χ3n) is 2.85. The molecule has 0 radical (unpaired) electrons. The molecule has 5 nitrogen and oxygen atoms in total. The van der Waals surface area contributed by atoms with Crippen LogP contribution in [0.3, 0.4) is 0 Å². The summed E-state index contributed by atoms with van der Waals surface area (Å²) in [6.45, 7) is 11.4. The van der Waals surface area contributed by atoms with Crippen LogP contribution < -0.4 is 10.6 Å². The molecule has 0 fully saturated rings. The molecule has 0 saturated heterocycles. The van der Waals surface area contributed by atoms with E-state index in [4.69, 9.17) is 4.42 Å². The number of aryl methyl sites for hydroxylation is 2. The van der Waals surface area contributed by atoms with Crippen molar-refractivity contribution in [2.24, 2.45) is 4.99 Å². The van der Waals surface area contributed by atoms with E-state index in [9.17, 15) is 5.11 Å². The van der Waals surface area contributed by atoms with Crippen LogP contribution in [-0.4, -0.2) is 30.7 Å². The van der Waals surface area contributed by atoms with Gasteiger partial charge in [0.05, 0.1) is 6.54 Å². The molecule has 19 heavy (non-hydrogen) atoms. The van der Waals surface area contributed by atoms with E-state index >= 15 is 0 Å². The second-order valence-electron chi connectivity index (χ2n) is 4.83. The second-order valence-corrected chi connectivity index (χ2v) is 4.83. The third-order valence-corrected chi connectivity index (χ3v) is 2.85. The van der Waals surface area contributed by atoms with E-state index < -0.39 is 5.60 Å². The van der Waals surface area contributed by atoms with Gasteiger partial charge in [-0.25, -0.2) is 4.99 Å². The average Bonchev–Trinajstić information content (AvgIpc) is 2.67. The number of hydrogen-bond donors (Lipinski definition) is 3. The zero-order valence-corrected chi connectivity index (χ0v) is 12.5. The molecule has 108 valence electrons. The number of furan rings is 1. The van der Waals surface area contributed by atoms with Gasteiger partial charge in [0.25, 0.3) is 0 Å². The number of nitrogens with zero attached hydrogens (tertiary/aromatic N) is 1. The van der Waals surface area contributed by atoms with Crippen molar-refractivity contribution in [2.75, 3.05) is 19.6 Å². The summed E-state index contributed by atoms with van der Waals surface area (Å²) in [5.41, 5.74) is -0.237. The molecular formula is C14H25N3O2. The Kier molecular flexibility index (Phi) is 5.42. The minimum absolute atomic E-state index is 0.280. The fraction of sp³-hybridized carbons (Fsp3) is 0.643. The summed E-state index contributed by atoms with van der Waals surface area (Å²) >= 11 is 0. The Labute approximate surface area is 115 Å². The molecule has 0 saturated carbocycles. The number of hydrogen-bond acceptors (Lipinski definition) is 3. The average molecular weight is 267 g/mol. The lowest BCUT2D eigenvalue weighted by molar-refractivity contribution is 0.0657. The van der Waals surface area contributed by atoms with E-state index in [2.05, 4.69) is 15.6 Å². The fourth-order valence-corrected chi connectivity index (χ4v) is 1.99. The van der Waals surface area contributed by atoms with E-state index in [0.717, 1.165) is 30.2 Å². The highest BCUT2D eigenvalue weighted by atomic mass is 16.3. The SMILES string of the molecule is CCNC(=NCC(C)(O)c1cc(C)oc1C)NCC. The van der Waals surface area contributed by atoms with Gasteiger partial charge in [0, 0.05) is 18.7 Å². The Hall–Kier alpha value is -1.49. The van der Waals surface area contributed by atoms with Gasteiger partial charge >= 0.3 is 0 Å². The lowest BCUT2D eigenvalue weighted by Crippen LogP contribution is -2.38. The van der Waals surface area contributed by atoms with Gasteiger partial charge in [-0.1, -0.05) is 0 Å². The van der Waals surface area contributed by atoms with Gasteiger partial charge in [-0.05, 0) is 40.7 Å². The monoisotopic (exact) mass is 267 g/mol. The van der Waals surface area contributed by atoms with Crippen LogP contribution in [0.5, 0.6) is 0 Å². The topological polar surface area (TPSA) is 69.8 Å². The molecule has 3 N–H and O–H groups in total.